The lowest BCUT2D eigenvalue weighted by molar-refractivity contribution is 0.0177. The Morgan fingerprint density at radius 2 is 1.67 bits per heavy atom. The number of rotatable bonds is 11. The van der Waals surface area contributed by atoms with Gasteiger partial charge in [0.05, 0.1) is 0 Å². The van der Waals surface area contributed by atoms with Crippen LogP contribution in [0.15, 0.2) is 48.5 Å². The Morgan fingerprint density at radius 1 is 1.00 bits per heavy atom. The number of phenols is 1. The first-order valence-electron chi connectivity index (χ1n) is 8.71. The zero-order valence-electron chi connectivity index (χ0n) is 15.5. The van der Waals surface area contributed by atoms with Gasteiger partial charge >= 0.3 is 0 Å². The monoisotopic (exact) mass is 372 g/mol. The molecule has 0 radical (unpaired) electrons. The summed E-state index contributed by atoms with van der Waals surface area (Å²) in [6.07, 6.45) is 3.06. The van der Waals surface area contributed by atoms with E-state index < -0.39 is 0 Å². The second-order valence-corrected chi connectivity index (χ2v) is 5.43. The molecule has 0 saturated carbocycles. The van der Waals surface area contributed by atoms with Crippen LogP contribution >= 0.6 is 0 Å². The van der Waals surface area contributed by atoms with Crippen molar-refractivity contribution in [2.45, 2.75) is 13.8 Å². The number of hydrogen-bond acceptors (Lipinski definition) is 6. The van der Waals surface area contributed by atoms with Crippen LogP contribution in [0.25, 0.3) is 6.08 Å². The van der Waals surface area contributed by atoms with Gasteiger partial charge in [-0.05, 0) is 25.5 Å². The summed E-state index contributed by atoms with van der Waals surface area (Å²) in [5.41, 5.74) is 0.921. The predicted molar refractivity (Wildman–Crippen MR) is 102 cm³/mol. The molecule has 2 aromatic carbocycles. The van der Waals surface area contributed by atoms with Crippen LogP contribution in [0.1, 0.15) is 29.8 Å². The molecule has 0 amide bonds. The van der Waals surface area contributed by atoms with Gasteiger partial charge in [-0.15, -0.1) is 0 Å². The summed E-state index contributed by atoms with van der Waals surface area (Å²) in [7, 11) is 0. The van der Waals surface area contributed by atoms with E-state index in [-0.39, 0.29) is 36.4 Å². The van der Waals surface area contributed by atoms with Gasteiger partial charge in [-0.1, -0.05) is 36.4 Å². The number of carbonyl (C=O) groups excluding carboxylic acids is 1. The Labute approximate surface area is 158 Å². The molecular weight excluding hydrogens is 348 g/mol. The molecule has 0 aromatic heterocycles. The summed E-state index contributed by atoms with van der Waals surface area (Å²) in [6, 6.07) is 12.3. The molecule has 0 atom stereocenters. The van der Waals surface area contributed by atoms with Crippen LogP contribution in [-0.2, 0) is 9.47 Å². The third kappa shape index (κ3) is 6.44. The van der Waals surface area contributed by atoms with Crippen LogP contribution in [-0.4, -0.2) is 37.7 Å². The predicted octanol–water partition coefficient (Wildman–Crippen LogP) is 4.03. The molecular formula is C21H24O6. The maximum absolute atomic E-state index is 12.6. The first-order chi connectivity index (χ1) is 13.2. The quantitative estimate of drug-likeness (QED) is 0.278. The van der Waals surface area contributed by atoms with Gasteiger partial charge in [-0.3, -0.25) is 4.79 Å². The van der Waals surface area contributed by atoms with Crippen molar-refractivity contribution < 1.29 is 28.8 Å². The number of carbonyl (C=O) groups is 1. The fourth-order valence-electron chi connectivity index (χ4n) is 2.22. The summed E-state index contributed by atoms with van der Waals surface area (Å²) in [5.74, 6) is -0.119. The summed E-state index contributed by atoms with van der Waals surface area (Å²) in [5, 5.41) is 10.4. The van der Waals surface area contributed by atoms with Crippen molar-refractivity contribution >= 4 is 11.9 Å². The number of benzene rings is 2. The van der Waals surface area contributed by atoms with E-state index in [9.17, 15) is 9.90 Å². The fourth-order valence-corrected chi connectivity index (χ4v) is 2.22. The van der Waals surface area contributed by atoms with E-state index in [1.807, 2.05) is 44.2 Å². The second kappa shape index (κ2) is 11.0. The molecule has 0 spiro atoms. The van der Waals surface area contributed by atoms with Gasteiger partial charge in [0.25, 0.3) is 0 Å². The molecule has 1 N–H and O–H groups in total. The average molecular weight is 372 g/mol. The molecule has 0 heterocycles. The molecule has 2 aromatic rings. The zero-order chi connectivity index (χ0) is 19.5. The van der Waals surface area contributed by atoms with Gasteiger partial charge in [-0.2, -0.15) is 0 Å². The highest BCUT2D eigenvalue weighted by molar-refractivity contribution is 6.10. The Balaban J connectivity index is 2.25. The van der Waals surface area contributed by atoms with Gasteiger partial charge in [0.2, 0.25) is 0 Å². The molecule has 6 heteroatoms. The number of hydrogen-bond donors (Lipinski definition) is 1. The fraction of sp³-hybridized carbons (Fsp3) is 0.286. The van der Waals surface area contributed by atoms with E-state index in [0.717, 1.165) is 5.56 Å². The second-order valence-electron chi connectivity index (χ2n) is 5.43. The van der Waals surface area contributed by atoms with Crippen LogP contribution in [0.2, 0.25) is 0 Å². The van der Waals surface area contributed by atoms with Crippen molar-refractivity contribution in [1.29, 1.82) is 0 Å². The molecule has 0 aliphatic rings. The molecule has 0 saturated heterocycles. The molecule has 2 rings (SSSR count). The van der Waals surface area contributed by atoms with E-state index in [4.69, 9.17) is 18.9 Å². The van der Waals surface area contributed by atoms with Gasteiger partial charge in [0.15, 0.2) is 19.4 Å². The molecule has 0 fully saturated rings. The molecule has 144 valence electrons. The Kier molecular flexibility index (Phi) is 8.35. The van der Waals surface area contributed by atoms with E-state index in [0.29, 0.717) is 19.0 Å². The highest BCUT2D eigenvalue weighted by Gasteiger charge is 2.18. The highest BCUT2D eigenvalue weighted by atomic mass is 16.7. The van der Waals surface area contributed by atoms with Gasteiger partial charge in [0.1, 0.15) is 22.8 Å². The van der Waals surface area contributed by atoms with Crippen molar-refractivity contribution in [3.05, 3.63) is 59.7 Å². The van der Waals surface area contributed by atoms with Crippen molar-refractivity contribution in [2.24, 2.45) is 0 Å². The van der Waals surface area contributed by atoms with Crippen LogP contribution in [0.3, 0.4) is 0 Å². The molecule has 27 heavy (non-hydrogen) atoms. The lowest BCUT2D eigenvalue weighted by Crippen LogP contribution is -2.08. The molecule has 0 unspecified atom stereocenters. The van der Waals surface area contributed by atoms with E-state index in [1.165, 1.54) is 18.2 Å². The van der Waals surface area contributed by atoms with Gasteiger partial charge < -0.3 is 24.1 Å². The Hall–Kier alpha value is -2.83. The highest BCUT2D eigenvalue weighted by Crippen LogP contribution is 2.34. The zero-order valence-corrected chi connectivity index (χ0v) is 15.5. The topological polar surface area (TPSA) is 74.2 Å². The Bertz CT molecular complexity index is 755. The molecule has 6 nitrogen and oxygen atoms in total. The minimum Gasteiger partial charge on any atom is -0.507 e. The van der Waals surface area contributed by atoms with E-state index in [2.05, 4.69) is 0 Å². The maximum Gasteiger partial charge on any atom is 0.193 e. The molecule has 0 aliphatic carbocycles. The first-order valence-corrected chi connectivity index (χ1v) is 8.71. The SMILES string of the molecule is CCOCOc1cc(O)c(C(=O)C=Cc2ccccc2)c(OCOCC)c1. The standard InChI is InChI=1S/C21H24O6/c1-3-24-14-26-17-12-19(23)21(20(13-17)27-15-25-4-2)18(22)11-10-16-8-6-5-7-9-16/h5-13,23H,3-4,14-15H2,1-2H3. The van der Waals surface area contributed by atoms with Crippen LogP contribution in [0.5, 0.6) is 17.2 Å². The van der Waals surface area contributed by atoms with Gasteiger partial charge in [-0.25, -0.2) is 0 Å². The van der Waals surface area contributed by atoms with E-state index in [1.54, 1.807) is 6.08 Å². The summed E-state index contributed by atoms with van der Waals surface area (Å²) >= 11 is 0. The van der Waals surface area contributed by atoms with Crippen LogP contribution in [0, 0.1) is 0 Å². The minimum absolute atomic E-state index is 0.0298. The van der Waals surface area contributed by atoms with E-state index >= 15 is 0 Å². The third-order valence-corrected chi connectivity index (χ3v) is 3.54. The summed E-state index contributed by atoms with van der Waals surface area (Å²) in [4.78, 5) is 12.6. The minimum atomic E-state index is -0.390. The number of ketones is 1. The van der Waals surface area contributed by atoms with Crippen molar-refractivity contribution in [3.63, 3.8) is 0 Å². The van der Waals surface area contributed by atoms with Crippen molar-refractivity contribution in [1.82, 2.24) is 0 Å². The maximum atomic E-state index is 12.6. The summed E-state index contributed by atoms with van der Waals surface area (Å²) < 4.78 is 21.2. The van der Waals surface area contributed by atoms with Crippen molar-refractivity contribution in [2.75, 3.05) is 26.8 Å². The number of phenolic OH excluding ortho intramolecular Hbond substituents is 1. The lowest BCUT2D eigenvalue weighted by atomic mass is 10.1. The smallest absolute Gasteiger partial charge is 0.193 e. The number of allylic oxidation sites excluding steroid dienone is 1. The molecule has 0 bridgehead atoms. The Morgan fingerprint density at radius 3 is 2.33 bits per heavy atom. The first kappa shape index (κ1) is 20.5. The van der Waals surface area contributed by atoms with Crippen LogP contribution < -0.4 is 9.47 Å². The van der Waals surface area contributed by atoms with Gasteiger partial charge in [0, 0.05) is 25.3 Å². The third-order valence-electron chi connectivity index (χ3n) is 3.54. The normalized spacial score (nSPS) is 10.9. The van der Waals surface area contributed by atoms with Crippen molar-refractivity contribution in [3.8, 4) is 17.2 Å². The largest absolute Gasteiger partial charge is 0.507 e. The average Bonchev–Trinajstić information content (AvgIpc) is 2.67. The lowest BCUT2D eigenvalue weighted by Gasteiger charge is -2.14. The number of ether oxygens (including phenoxy) is 4. The van der Waals surface area contributed by atoms with Crippen LogP contribution in [0.4, 0.5) is 0 Å². The number of aromatic hydroxyl groups is 1. The molecule has 0 aliphatic heterocycles. The summed E-state index contributed by atoms with van der Waals surface area (Å²) in [6.45, 7) is 4.62.